The first-order chi connectivity index (χ1) is 7.89. The summed E-state index contributed by atoms with van der Waals surface area (Å²) in [7, 11) is 0. The van der Waals surface area contributed by atoms with Gasteiger partial charge in [0.05, 0.1) is 0 Å². The zero-order valence-corrected chi connectivity index (χ0v) is 10.7. The molecule has 0 radical (unpaired) electrons. The minimum atomic E-state index is -0.337. The van der Waals surface area contributed by atoms with Crippen LogP contribution in [0.3, 0.4) is 0 Å². The lowest BCUT2D eigenvalue weighted by Crippen LogP contribution is -2.35. The molecule has 0 aliphatic carbocycles. The Kier molecular flexibility index (Phi) is 4.67. The molecule has 0 saturated carbocycles. The molecule has 1 N–H and O–H groups in total. The summed E-state index contributed by atoms with van der Waals surface area (Å²) < 4.78 is 12.7. The van der Waals surface area contributed by atoms with Crippen LogP contribution in [0.15, 0.2) is 24.3 Å². The van der Waals surface area contributed by atoms with E-state index in [0.29, 0.717) is 6.54 Å². The maximum atomic E-state index is 12.7. The summed E-state index contributed by atoms with van der Waals surface area (Å²) in [6.07, 6.45) is 1.72. The molecule has 0 bridgehead atoms. The third kappa shape index (κ3) is 4.98. The van der Waals surface area contributed by atoms with Gasteiger partial charge in [-0.05, 0) is 30.5 Å². The lowest BCUT2D eigenvalue weighted by atomic mass is 9.95. The van der Waals surface area contributed by atoms with Crippen molar-refractivity contribution >= 4 is 5.91 Å². The van der Waals surface area contributed by atoms with Crippen LogP contribution in [0.25, 0.3) is 0 Å². The Morgan fingerprint density at radius 3 is 2.35 bits per heavy atom. The molecule has 0 fully saturated rings. The van der Waals surface area contributed by atoms with Crippen molar-refractivity contribution in [2.24, 2.45) is 5.41 Å². The third-order valence-electron chi connectivity index (χ3n) is 2.52. The molecule has 0 aromatic heterocycles. The molecule has 2 nitrogen and oxygen atoms in total. The molecule has 1 rings (SSSR count). The number of amides is 1. The van der Waals surface area contributed by atoms with Crippen LogP contribution in [-0.2, 0) is 11.2 Å². The molecule has 1 aromatic rings. The van der Waals surface area contributed by atoms with Crippen molar-refractivity contribution < 1.29 is 9.18 Å². The Balaban J connectivity index is 2.25. The number of hydrogen-bond acceptors (Lipinski definition) is 1. The topological polar surface area (TPSA) is 29.1 Å². The van der Waals surface area contributed by atoms with Crippen LogP contribution >= 0.6 is 0 Å². The Bertz CT molecular complexity index is 365. The predicted molar refractivity (Wildman–Crippen MR) is 67.2 cm³/mol. The summed E-state index contributed by atoms with van der Waals surface area (Å²) in [4.78, 5) is 11.6. The second-order valence-electron chi connectivity index (χ2n) is 5.24. The Morgan fingerprint density at radius 1 is 1.24 bits per heavy atom. The monoisotopic (exact) mass is 237 g/mol. The summed E-state index contributed by atoms with van der Waals surface area (Å²) in [5, 5.41) is 2.89. The molecule has 0 aliphatic heterocycles. The highest BCUT2D eigenvalue weighted by Gasteiger charge is 2.19. The van der Waals surface area contributed by atoms with Crippen molar-refractivity contribution in [3.8, 4) is 0 Å². The normalized spacial score (nSPS) is 11.3. The number of benzene rings is 1. The van der Waals surface area contributed by atoms with E-state index in [2.05, 4.69) is 5.32 Å². The van der Waals surface area contributed by atoms with E-state index in [9.17, 15) is 9.18 Å². The van der Waals surface area contributed by atoms with Gasteiger partial charge in [0.25, 0.3) is 0 Å². The molecule has 0 unspecified atom stereocenters. The third-order valence-corrected chi connectivity index (χ3v) is 2.52. The van der Waals surface area contributed by atoms with E-state index < -0.39 is 0 Å². The van der Waals surface area contributed by atoms with E-state index in [0.717, 1.165) is 18.4 Å². The molecule has 17 heavy (non-hydrogen) atoms. The highest BCUT2D eigenvalue weighted by atomic mass is 19.1. The summed E-state index contributed by atoms with van der Waals surface area (Å²) in [5.74, 6) is -0.147. The van der Waals surface area contributed by atoms with Crippen molar-refractivity contribution in [3.63, 3.8) is 0 Å². The van der Waals surface area contributed by atoms with Crippen LogP contribution in [0.2, 0.25) is 0 Å². The van der Waals surface area contributed by atoms with E-state index in [4.69, 9.17) is 0 Å². The number of aryl methyl sites for hydroxylation is 1. The maximum absolute atomic E-state index is 12.7. The van der Waals surface area contributed by atoms with E-state index >= 15 is 0 Å². The van der Waals surface area contributed by atoms with Crippen molar-refractivity contribution in [1.82, 2.24) is 5.32 Å². The van der Waals surface area contributed by atoms with E-state index in [1.807, 2.05) is 20.8 Å². The van der Waals surface area contributed by atoms with Crippen LogP contribution in [0, 0.1) is 11.2 Å². The largest absolute Gasteiger partial charge is 0.356 e. The molecule has 0 saturated heterocycles. The van der Waals surface area contributed by atoms with Crippen LogP contribution in [0.5, 0.6) is 0 Å². The van der Waals surface area contributed by atoms with Gasteiger partial charge in [0.1, 0.15) is 5.82 Å². The lowest BCUT2D eigenvalue weighted by Gasteiger charge is -2.17. The highest BCUT2D eigenvalue weighted by molar-refractivity contribution is 5.81. The van der Waals surface area contributed by atoms with Crippen molar-refractivity contribution in [3.05, 3.63) is 35.6 Å². The first-order valence-corrected chi connectivity index (χ1v) is 5.92. The van der Waals surface area contributed by atoms with Gasteiger partial charge in [-0.25, -0.2) is 4.39 Å². The zero-order valence-electron chi connectivity index (χ0n) is 10.7. The number of carbonyl (C=O) groups excluding carboxylic acids is 1. The average molecular weight is 237 g/mol. The van der Waals surface area contributed by atoms with Gasteiger partial charge in [0.2, 0.25) is 5.91 Å². The maximum Gasteiger partial charge on any atom is 0.225 e. The van der Waals surface area contributed by atoms with Crippen molar-refractivity contribution in [1.29, 1.82) is 0 Å². The Hall–Kier alpha value is -1.38. The van der Waals surface area contributed by atoms with Gasteiger partial charge in [-0.2, -0.15) is 0 Å². The summed E-state index contributed by atoms with van der Waals surface area (Å²) >= 11 is 0. The van der Waals surface area contributed by atoms with Gasteiger partial charge in [-0.3, -0.25) is 4.79 Å². The zero-order chi connectivity index (χ0) is 12.9. The number of carbonyl (C=O) groups is 1. The van der Waals surface area contributed by atoms with Crippen molar-refractivity contribution in [2.75, 3.05) is 6.54 Å². The Morgan fingerprint density at radius 2 is 1.82 bits per heavy atom. The molecular formula is C14H20FNO. The van der Waals surface area contributed by atoms with Gasteiger partial charge in [0.15, 0.2) is 0 Å². The Labute approximate surface area is 102 Å². The molecule has 3 heteroatoms. The number of hydrogen-bond donors (Lipinski definition) is 1. The number of nitrogens with one attached hydrogen (secondary N) is 1. The fourth-order valence-electron chi connectivity index (χ4n) is 1.41. The molecule has 0 atom stereocenters. The van der Waals surface area contributed by atoms with Crippen molar-refractivity contribution in [2.45, 2.75) is 33.6 Å². The smallest absolute Gasteiger partial charge is 0.225 e. The molecule has 0 spiro atoms. The van der Waals surface area contributed by atoms with Gasteiger partial charge >= 0.3 is 0 Å². The number of halogens is 1. The van der Waals surface area contributed by atoms with Crippen LogP contribution in [-0.4, -0.2) is 12.5 Å². The summed E-state index contributed by atoms with van der Waals surface area (Å²) in [6.45, 7) is 6.33. The fourth-order valence-corrected chi connectivity index (χ4v) is 1.41. The lowest BCUT2D eigenvalue weighted by molar-refractivity contribution is -0.128. The van der Waals surface area contributed by atoms with Gasteiger partial charge < -0.3 is 5.32 Å². The molecular weight excluding hydrogens is 217 g/mol. The van der Waals surface area contributed by atoms with Crippen LogP contribution < -0.4 is 5.32 Å². The van der Waals surface area contributed by atoms with Crippen LogP contribution in [0.1, 0.15) is 32.8 Å². The summed E-state index contributed by atoms with van der Waals surface area (Å²) in [5.41, 5.74) is 0.756. The first-order valence-electron chi connectivity index (χ1n) is 5.92. The van der Waals surface area contributed by atoms with Gasteiger partial charge in [-0.1, -0.05) is 32.9 Å². The van der Waals surface area contributed by atoms with Gasteiger partial charge in [0, 0.05) is 12.0 Å². The molecule has 1 amide bonds. The summed E-state index contributed by atoms with van der Waals surface area (Å²) in [6, 6.07) is 6.48. The minimum Gasteiger partial charge on any atom is -0.356 e. The molecule has 0 heterocycles. The SMILES string of the molecule is CC(C)(C)C(=O)NCCCc1ccc(F)cc1. The average Bonchev–Trinajstić information content (AvgIpc) is 2.25. The van der Waals surface area contributed by atoms with Gasteiger partial charge in [-0.15, -0.1) is 0 Å². The predicted octanol–water partition coefficient (Wildman–Crippen LogP) is 2.92. The quantitative estimate of drug-likeness (QED) is 0.801. The van der Waals surface area contributed by atoms with E-state index in [1.54, 1.807) is 12.1 Å². The fraction of sp³-hybridized carbons (Fsp3) is 0.500. The minimum absolute atomic E-state index is 0.0663. The van der Waals surface area contributed by atoms with E-state index in [1.165, 1.54) is 12.1 Å². The second-order valence-corrected chi connectivity index (χ2v) is 5.24. The molecule has 0 aliphatic rings. The number of rotatable bonds is 4. The molecule has 1 aromatic carbocycles. The van der Waals surface area contributed by atoms with Crippen LogP contribution in [0.4, 0.5) is 4.39 Å². The molecule has 94 valence electrons. The second kappa shape index (κ2) is 5.80. The standard InChI is InChI=1S/C14H20FNO/c1-14(2,3)13(17)16-10-4-5-11-6-8-12(15)9-7-11/h6-9H,4-5,10H2,1-3H3,(H,16,17). The highest BCUT2D eigenvalue weighted by Crippen LogP contribution is 2.12. The first kappa shape index (κ1) is 13.7. The van der Waals surface area contributed by atoms with E-state index in [-0.39, 0.29) is 17.1 Å².